The van der Waals surface area contributed by atoms with Crippen molar-refractivity contribution in [2.75, 3.05) is 37.8 Å². The normalized spacial score (nSPS) is 11.2. The van der Waals surface area contributed by atoms with Crippen molar-refractivity contribution in [2.24, 2.45) is 0 Å². The van der Waals surface area contributed by atoms with E-state index >= 15 is 0 Å². The minimum absolute atomic E-state index is 0.0366. The summed E-state index contributed by atoms with van der Waals surface area (Å²) in [5.74, 6) is -0.169. The zero-order chi connectivity index (χ0) is 15.9. The minimum atomic E-state index is -3.24. The van der Waals surface area contributed by atoms with Crippen molar-refractivity contribution in [3.05, 3.63) is 24.0 Å². The Bertz CT molecular complexity index is 571. The molecule has 0 aliphatic carbocycles. The first kappa shape index (κ1) is 17.4. The van der Waals surface area contributed by atoms with Crippen LogP contribution in [0.4, 0.5) is 5.69 Å². The predicted molar refractivity (Wildman–Crippen MR) is 82.8 cm³/mol. The monoisotopic (exact) mass is 314 g/mol. The molecule has 0 radical (unpaired) electrons. The van der Waals surface area contributed by atoms with Crippen LogP contribution in [0.1, 0.15) is 24.3 Å². The molecule has 0 bridgehead atoms. The summed E-state index contributed by atoms with van der Waals surface area (Å²) in [4.78, 5) is 17.9. The molecule has 1 aromatic heterocycles. The summed E-state index contributed by atoms with van der Waals surface area (Å²) >= 11 is 0. The molecule has 8 heteroatoms. The molecule has 21 heavy (non-hydrogen) atoms. The first-order chi connectivity index (χ1) is 9.93. The number of amides is 1. The van der Waals surface area contributed by atoms with Gasteiger partial charge >= 0.3 is 0 Å². The molecular weight excluding hydrogens is 292 g/mol. The van der Waals surface area contributed by atoms with Crippen LogP contribution in [-0.4, -0.2) is 56.6 Å². The molecule has 0 atom stereocenters. The van der Waals surface area contributed by atoms with E-state index in [1.165, 1.54) is 13.2 Å². The van der Waals surface area contributed by atoms with Crippen LogP contribution in [-0.2, 0) is 10.0 Å². The Kier molecular flexibility index (Phi) is 6.57. The third kappa shape index (κ3) is 5.31. The van der Waals surface area contributed by atoms with Crippen LogP contribution in [0.25, 0.3) is 0 Å². The van der Waals surface area contributed by atoms with Gasteiger partial charge in [0.2, 0.25) is 10.0 Å². The van der Waals surface area contributed by atoms with Crippen molar-refractivity contribution in [2.45, 2.75) is 13.8 Å². The van der Waals surface area contributed by atoms with Gasteiger partial charge in [-0.25, -0.2) is 13.1 Å². The quantitative estimate of drug-likeness (QED) is 0.730. The minimum Gasteiger partial charge on any atom is -0.384 e. The van der Waals surface area contributed by atoms with Gasteiger partial charge in [0.05, 0.1) is 5.75 Å². The highest BCUT2D eigenvalue weighted by Gasteiger charge is 2.14. The Balaban J connectivity index is 2.71. The van der Waals surface area contributed by atoms with Crippen LogP contribution in [0.3, 0.4) is 0 Å². The molecule has 1 amide bonds. The molecule has 1 rings (SSSR count). The highest BCUT2D eigenvalue weighted by Crippen LogP contribution is 2.10. The Morgan fingerprint density at radius 1 is 1.33 bits per heavy atom. The fourth-order valence-electron chi connectivity index (χ4n) is 1.76. The second-order valence-electron chi connectivity index (χ2n) is 4.36. The number of aromatic nitrogens is 1. The smallest absolute Gasteiger partial charge is 0.272 e. The first-order valence-electron chi connectivity index (χ1n) is 6.84. The molecule has 0 saturated heterocycles. The van der Waals surface area contributed by atoms with Crippen molar-refractivity contribution in [1.82, 2.24) is 14.6 Å². The molecule has 2 N–H and O–H groups in total. The zero-order valence-electron chi connectivity index (χ0n) is 12.6. The van der Waals surface area contributed by atoms with Crippen molar-refractivity contribution >= 4 is 21.6 Å². The Morgan fingerprint density at radius 2 is 2.00 bits per heavy atom. The van der Waals surface area contributed by atoms with E-state index in [9.17, 15) is 13.2 Å². The molecule has 0 spiro atoms. The van der Waals surface area contributed by atoms with Gasteiger partial charge in [-0.2, -0.15) is 0 Å². The molecule has 0 aromatic carbocycles. The second kappa shape index (κ2) is 7.94. The summed E-state index contributed by atoms with van der Waals surface area (Å²) in [7, 11) is -1.86. The van der Waals surface area contributed by atoms with Crippen LogP contribution >= 0.6 is 0 Å². The Morgan fingerprint density at radius 3 is 2.57 bits per heavy atom. The van der Waals surface area contributed by atoms with Gasteiger partial charge in [-0.1, -0.05) is 0 Å². The molecule has 0 aliphatic heterocycles. The maximum atomic E-state index is 12.2. The molecule has 0 fully saturated rings. The number of nitrogens with zero attached hydrogens (tertiary/aromatic N) is 2. The van der Waals surface area contributed by atoms with E-state index < -0.39 is 10.0 Å². The van der Waals surface area contributed by atoms with Gasteiger partial charge in [0.1, 0.15) is 5.69 Å². The molecule has 0 aliphatic rings. The highest BCUT2D eigenvalue weighted by atomic mass is 32.2. The molecule has 1 aromatic rings. The summed E-state index contributed by atoms with van der Waals surface area (Å²) in [6, 6.07) is 3.33. The lowest BCUT2D eigenvalue weighted by Gasteiger charge is -2.18. The van der Waals surface area contributed by atoms with Crippen LogP contribution in [0.5, 0.6) is 0 Å². The maximum Gasteiger partial charge on any atom is 0.272 e. The number of hydrogen-bond acceptors (Lipinski definition) is 5. The van der Waals surface area contributed by atoms with Crippen LogP contribution in [0.2, 0.25) is 0 Å². The lowest BCUT2D eigenvalue weighted by molar-refractivity contribution is 0.0767. The van der Waals surface area contributed by atoms with E-state index in [4.69, 9.17) is 0 Å². The SMILES string of the molecule is CCN(CC)C(=O)c1cc(NCCS(=O)(=O)NC)ccn1. The molecule has 118 valence electrons. The Hall–Kier alpha value is -1.67. The zero-order valence-corrected chi connectivity index (χ0v) is 13.4. The topological polar surface area (TPSA) is 91.4 Å². The molecule has 0 unspecified atom stereocenters. The number of carbonyl (C=O) groups excluding carboxylic acids is 1. The van der Waals surface area contributed by atoms with E-state index in [-0.39, 0.29) is 18.2 Å². The average Bonchev–Trinajstić information content (AvgIpc) is 2.48. The van der Waals surface area contributed by atoms with Crippen LogP contribution in [0, 0.1) is 0 Å². The maximum absolute atomic E-state index is 12.2. The first-order valence-corrected chi connectivity index (χ1v) is 8.49. The number of anilines is 1. The molecular formula is C13H22N4O3S. The number of pyridine rings is 1. The fraction of sp³-hybridized carbons (Fsp3) is 0.538. The summed E-state index contributed by atoms with van der Waals surface area (Å²) in [5.41, 5.74) is 1.02. The van der Waals surface area contributed by atoms with Crippen molar-refractivity contribution in [3.63, 3.8) is 0 Å². The largest absolute Gasteiger partial charge is 0.384 e. The number of sulfonamides is 1. The van der Waals surface area contributed by atoms with Gasteiger partial charge in [0.25, 0.3) is 5.91 Å². The molecule has 7 nitrogen and oxygen atoms in total. The lowest BCUT2D eigenvalue weighted by atomic mass is 10.2. The van der Waals surface area contributed by atoms with Gasteiger partial charge < -0.3 is 10.2 Å². The summed E-state index contributed by atoms with van der Waals surface area (Å²) in [6.45, 7) is 5.31. The molecule has 1 heterocycles. The standard InChI is InChI=1S/C13H22N4O3S/c1-4-17(5-2)13(18)12-10-11(6-7-16-12)15-8-9-21(19,20)14-3/h6-7,10,14H,4-5,8-9H2,1-3H3,(H,15,16). The number of hydrogen-bond donors (Lipinski definition) is 2. The van der Waals surface area contributed by atoms with Crippen LogP contribution in [0.15, 0.2) is 18.3 Å². The Labute approximate surface area is 125 Å². The number of nitrogens with one attached hydrogen (secondary N) is 2. The van der Waals surface area contributed by atoms with Gasteiger partial charge in [-0.15, -0.1) is 0 Å². The summed E-state index contributed by atoms with van der Waals surface area (Å²) < 4.78 is 24.9. The van der Waals surface area contributed by atoms with Gasteiger partial charge in [-0.3, -0.25) is 9.78 Å². The second-order valence-corrected chi connectivity index (χ2v) is 6.40. The van der Waals surface area contributed by atoms with Crippen molar-refractivity contribution in [1.29, 1.82) is 0 Å². The van der Waals surface area contributed by atoms with E-state index in [0.29, 0.717) is 24.5 Å². The van der Waals surface area contributed by atoms with Gasteiger partial charge in [-0.05, 0) is 33.0 Å². The summed E-state index contributed by atoms with van der Waals surface area (Å²) in [6.07, 6.45) is 1.53. The van der Waals surface area contributed by atoms with Gasteiger partial charge in [0.15, 0.2) is 0 Å². The fourth-order valence-corrected chi connectivity index (χ4v) is 2.34. The predicted octanol–water partition coefficient (Wildman–Crippen LogP) is 0.525. The number of rotatable bonds is 8. The highest BCUT2D eigenvalue weighted by molar-refractivity contribution is 7.89. The number of carbonyl (C=O) groups is 1. The van der Waals surface area contributed by atoms with E-state index in [1.807, 2.05) is 13.8 Å². The van der Waals surface area contributed by atoms with E-state index in [0.717, 1.165) is 0 Å². The third-order valence-electron chi connectivity index (χ3n) is 3.04. The van der Waals surface area contributed by atoms with Crippen molar-refractivity contribution < 1.29 is 13.2 Å². The van der Waals surface area contributed by atoms with Crippen LogP contribution < -0.4 is 10.0 Å². The molecule has 0 saturated carbocycles. The average molecular weight is 314 g/mol. The van der Waals surface area contributed by atoms with Gasteiger partial charge in [0, 0.05) is 31.5 Å². The summed E-state index contributed by atoms with van der Waals surface area (Å²) in [5, 5.41) is 2.98. The third-order valence-corrected chi connectivity index (χ3v) is 4.40. The van der Waals surface area contributed by atoms with Crippen molar-refractivity contribution in [3.8, 4) is 0 Å². The van der Waals surface area contributed by atoms with E-state index in [1.54, 1.807) is 17.0 Å². The lowest BCUT2D eigenvalue weighted by Crippen LogP contribution is -2.31. The van der Waals surface area contributed by atoms with E-state index in [2.05, 4.69) is 15.0 Å².